The Hall–Kier alpha value is -2.77. The van der Waals surface area contributed by atoms with Crippen LogP contribution in [0.5, 0.6) is 5.75 Å². The molecule has 0 radical (unpaired) electrons. The summed E-state index contributed by atoms with van der Waals surface area (Å²) in [7, 11) is 1.59. The number of nitrogens with one attached hydrogen (secondary N) is 1. The first-order valence-electron chi connectivity index (χ1n) is 8.39. The maximum atomic E-state index is 12.7. The van der Waals surface area contributed by atoms with Crippen LogP contribution < -0.4 is 14.5 Å². The summed E-state index contributed by atoms with van der Waals surface area (Å²) in [6.45, 7) is 1.70. The van der Waals surface area contributed by atoms with E-state index in [2.05, 4.69) is 5.32 Å². The number of ether oxygens (including phenoxy) is 1. The lowest BCUT2D eigenvalue weighted by Crippen LogP contribution is -2.37. The van der Waals surface area contributed by atoms with E-state index in [9.17, 15) is 14.9 Å². The Morgan fingerprint density at radius 1 is 1.21 bits per heavy atom. The van der Waals surface area contributed by atoms with E-state index in [0.29, 0.717) is 22.1 Å². The minimum Gasteiger partial charge on any atom is -0.805 e. The normalized spacial score (nSPS) is 10.9. The number of halogens is 2. The van der Waals surface area contributed by atoms with E-state index in [1.54, 1.807) is 7.11 Å². The molecule has 0 unspecified atom stereocenters. The van der Waals surface area contributed by atoms with Gasteiger partial charge in [-0.1, -0.05) is 35.3 Å². The van der Waals surface area contributed by atoms with E-state index < -0.39 is 5.91 Å². The zero-order chi connectivity index (χ0) is 20.4. The number of fused-ring (bicyclic) bond motifs is 1. The molecule has 146 valence electrons. The molecule has 0 bridgehead atoms. The van der Waals surface area contributed by atoms with Gasteiger partial charge in [-0.05, 0) is 37.1 Å². The number of methoxy groups -OCH3 is 1. The molecule has 0 atom stereocenters. The smallest absolute Gasteiger partial charge is 0.346 e. The zero-order valence-electron chi connectivity index (χ0n) is 15.2. The van der Waals surface area contributed by atoms with Crippen molar-refractivity contribution in [2.24, 2.45) is 0 Å². The van der Waals surface area contributed by atoms with E-state index in [1.165, 1.54) is 19.1 Å². The number of aromatic nitrogens is 2. The maximum Gasteiger partial charge on any atom is 0.346 e. The first kappa shape index (κ1) is 20.0. The van der Waals surface area contributed by atoms with Crippen LogP contribution in [0.15, 0.2) is 36.4 Å². The minimum atomic E-state index is -0.640. The third-order valence-electron chi connectivity index (χ3n) is 4.38. The van der Waals surface area contributed by atoms with Crippen LogP contribution in [0.2, 0.25) is 10.0 Å². The van der Waals surface area contributed by atoms with Gasteiger partial charge in [0.25, 0.3) is 5.52 Å². The van der Waals surface area contributed by atoms with Gasteiger partial charge in [-0.2, -0.15) is 0 Å². The van der Waals surface area contributed by atoms with Gasteiger partial charge in [-0.3, -0.25) is 4.79 Å². The van der Waals surface area contributed by atoms with Crippen LogP contribution in [0.1, 0.15) is 21.7 Å². The van der Waals surface area contributed by atoms with Crippen molar-refractivity contribution in [2.45, 2.75) is 13.3 Å². The Bertz CT molecular complexity index is 1110. The van der Waals surface area contributed by atoms with E-state index in [0.717, 1.165) is 11.3 Å². The van der Waals surface area contributed by atoms with Crippen LogP contribution in [0.3, 0.4) is 0 Å². The highest BCUT2D eigenvalue weighted by atomic mass is 35.5. The number of carbonyl (C=O) groups excluding carboxylic acids is 1. The summed E-state index contributed by atoms with van der Waals surface area (Å²) in [5, 5.41) is 15.4. The Morgan fingerprint density at radius 2 is 1.86 bits per heavy atom. The fourth-order valence-electron chi connectivity index (χ4n) is 2.85. The lowest BCUT2D eigenvalue weighted by molar-refractivity contribution is -0.468. The Labute approximate surface area is 170 Å². The van der Waals surface area contributed by atoms with Crippen molar-refractivity contribution < 1.29 is 14.0 Å². The van der Waals surface area contributed by atoms with Crippen molar-refractivity contribution >= 4 is 40.1 Å². The predicted molar refractivity (Wildman–Crippen MR) is 108 cm³/mol. The fourth-order valence-corrected chi connectivity index (χ4v) is 3.16. The van der Waals surface area contributed by atoms with Crippen molar-refractivity contribution in [3.63, 3.8) is 0 Å². The summed E-state index contributed by atoms with van der Waals surface area (Å²) in [4.78, 5) is 25.3. The largest absolute Gasteiger partial charge is 0.805 e. The van der Waals surface area contributed by atoms with Crippen molar-refractivity contribution in [1.82, 2.24) is 10.0 Å². The number of hydrogen-bond acceptors (Lipinski definition) is 4. The van der Waals surface area contributed by atoms with Crippen molar-refractivity contribution in [3.05, 3.63) is 73.5 Å². The zero-order valence-corrected chi connectivity index (χ0v) is 16.7. The van der Waals surface area contributed by atoms with Crippen LogP contribution in [-0.2, 0) is 6.42 Å². The quantitative estimate of drug-likeness (QED) is 0.638. The molecule has 2 aromatic carbocycles. The van der Waals surface area contributed by atoms with Gasteiger partial charge in [-0.15, -0.1) is 0 Å². The molecule has 1 amide bonds. The number of rotatable bonds is 5. The molecule has 0 saturated heterocycles. The summed E-state index contributed by atoms with van der Waals surface area (Å²) in [6.07, 6.45) is 0.556. The van der Waals surface area contributed by atoms with Gasteiger partial charge >= 0.3 is 11.6 Å². The standard InChI is InChI=1S/C19H17Cl2N3O4/c1-11-18(19(25)22-8-7-12-3-5-13(28-2)6-4-12)24(27)17-10-15(21)14(20)9-16(17)23(11)26/h3-6,9-10H,7-8H2,1-2H3,(H,22,25). The van der Waals surface area contributed by atoms with Gasteiger partial charge in [0.2, 0.25) is 0 Å². The summed E-state index contributed by atoms with van der Waals surface area (Å²) < 4.78 is 6.01. The second-order valence-corrected chi connectivity index (χ2v) is 6.95. The van der Waals surface area contributed by atoms with Crippen LogP contribution >= 0.6 is 23.2 Å². The van der Waals surface area contributed by atoms with Crippen LogP contribution in [0.25, 0.3) is 11.0 Å². The molecule has 0 saturated carbocycles. The number of benzene rings is 2. The number of hydrogen-bond donors (Lipinski definition) is 1. The summed E-state index contributed by atoms with van der Waals surface area (Å²) in [5.74, 6) is 0.101. The van der Waals surface area contributed by atoms with Crippen molar-refractivity contribution in [1.29, 1.82) is 0 Å². The van der Waals surface area contributed by atoms with E-state index in [4.69, 9.17) is 27.9 Å². The molecule has 0 spiro atoms. The van der Waals surface area contributed by atoms with Gasteiger partial charge in [-0.25, -0.2) is 0 Å². The number of amides is 1. The lowest BCUT2D eigenvalue weighted by Gasteiger charge is -2.16. The van der Waals surface area contributed by atoms with Crippen molar-refractivity contribution in [2.75, 3.05) is 13.7 Å². The molecular formula is C19H17Cl2N3O4. The first-order valence-corrected chi connectivity index (χ1v) is 9.14. The Morgan fingerprint density at radius 3 is 2.50 bits per heavy atom. The molecule has 1 heterocycles. The minimum absolute atomic E-state index is 0.0252. The molecule has 7 nitrogen and oxygen atoms in total. The molecule has 0 fully saturated rings. The Kier molecular flexibility index (Phi) is 5.76. The lowest BCUT2D eigenvalue weighted by atomic mass is 10.1. The highest BCUT2D eigenvalue weighted by Crippen LogP contribution is 2.26. The number of carbonyl (C=O) groups is 1. The predicted octanol–water partition coefficient (Wildman–Crippen LogP) is 3.50. The van der Waals surface area contributed by atoms with Gasteiger partial charge in [0.1, 0.15) is 11.3 Å². The molecule has 0 aliphatic rings. The van der Waals surface area contributed by atoms with Crippen molar-refractivity contribution in [3.8, 4) is 5.75 Å². The van der Waals surface area contributed by atoms with E-state index in [-0.39, 0.29) is 32.5 Å². The third kappa shape index (κ3) is 3.76. The van der Waals surface area contributed by atoms with E-state index >= 15 is 0 Å². The summed E-state index contributed by atoms with van der Waals surface area (Å²) in [5.41, 5.74) is 0.692. The summed E-state index contributed by atoms with van der Waals surface area (Å²) in [6, 6.07) is 10.00. The second kappa shape index (κ2) is 8.08. The van der Waals surface area contributed by atoms with Gasteiger partial charge in [0, 0.05) is 17.5 Å². The average Bonchev–Trinajstić information content (AvgIpc) is 2.68. The van der Waals surface area contributed by atoms with Gasteiger partial charge in [0.05, 0.1) is 27.3 Å². The monoisotopic (exact) mass is 421 g/mol. The van der Waals surface area contributed by atoms with E-state index in [1.807, 2.05) is 24.3 Å². The highest BCUT2D eigenvalue weighted by molar-refractivity contribution is 6.42. The highest BCUT2D eigenvalue weighted by Gasteiger charge is 2.27. The van der Waals surface area contributed by atoms with Crippen LogP contribution in [-0.4, -0.2) is 24.3 Å². The first-order chi connectivity index (χ1) is 13.3. The molecule has 1 aromatic heterocycles. The molecule has 3 aromatic rings. The molecule has 28 heavy (non-hydrogen) atoms. The van der Waals surface area contributed by atoms with Gasteiger partial charge in [0.15, 0.2) is 0 Å². The SMILES string of the molecule is COc1ccc(CCNC(=O)c2c(C)n([O-])c3cc(Cl)c(Cl)cc3[n+]2=O)cc1. The fraction of sp³-hybridized carbons (Fsp3) is 0.211. The second-order valence-electron chi connectivity index (χ2n) is 6.13. The molecule has 0 aliphatic heterocycles. The summed E-state index contributed by atoms with van der Waals surface area (Å²) >= 11 is 11.9. The number of nitrogens with zero attached hydrogens (tertiary/aromatic N) is 2. The molecule has 9 heteroatoms. The topological polar surface area (TPSA) is 89.3 Å². The van der Waals surface area contributed by atoms with Crippen LogP contribution in [0.4, 0.5) is 0 Å². The molecule has 3 rings (SSSR count). The molecule has 1 N–H and O–H groups in total. The van der Waals surface area contributed by atoms with Crippen LogP contribution in [0, 0.1) is 17.0 Å². The molecule has 0 aliphatic carbocycles. The van der Waals surface area contributed by atoms with Gasteiger partial charge < -0.3 is 20.0 Å². The average molecular weight is 422 g/mol. The maximum absolute atomic E-state index is 12.7. The Balaban J connectivity index is 1.84. The molecular weight excluding hydrogens is 405 g/mol. The third-order valence-corrected chi connectivity index (χ3v) is 5.10.